The molecule has 0 aromatic heterocycles. The van der Waals surface area contributed by atoms with E-state index < -0.39 is 5.60 Å². The summed E-state index contributed by atoms with van der Waals surface area (Å²) in [7, 11) is 4.10. The molecule has 5 heteroatoms. The highest BCUT2D eigenvalue weighted by atomic mass is 16.5. The van der Waals surface area contributed by atoms with Gasteiger partial charge in [0, 0.05) is 18.8 Å². The van der Waals surface area contributed by atoms with Gasteiger partial charge in [0.15, 0.2) is 0 Å². The summed E-state index contributed by atoms with van der Waals surface area (Å²) >= 11 is 0. The average Bonchev–Trinajstić information content (AvgIpc) is 2.63. The minimum Gasteiger partial charge on any atom is -0.494 e. The quantitative estimate of drug-likeness (QED) is 0.529. The fraction of sp³-hybridized carbons (Fsp3) is 0.667. The van der Waals surface area contributed by atoms with Crippen LogP contribution in [0.15, 0.2) is 24.3 Å². The third-order valence-corrected chi connectivity index (χ3v) is 4.24. The number of unbranched alkanes of at least 4 members (excludes halogenated alkanes) is 1. The summed E-state index contributed by atoms with van der Waals surface area (Å²) in [6.07, 6.45) is 4.61. The Balaban J connectivity index is 2.58. The smallest absolute Gasteiger partial charge is 0.256 e. The molecule has 0 saturated carbocycles. The number of hydrogen-bond acceptors (Lipinski definition) is 4. The third kappa shape index (κ3) is 8.19. The molecule has 1 aromatic carbocycles. The maximum absolute atomic E-state index is 12.7. The molecule has 1 aromatic rings. The van der Waals surface area contributed by atoms with Crippen LogP contribution in [0.3, 0.4) is 0 Å². The summed E-state index contributed by atoms with van der Waals surface area (Å²) < 4.78 is 11.6. The molecule has 26 heavy (non-hydrogen) atoms. The molecule has 0 spiro atoms. The lowest BCUT2D eigenvalue weighted by molar-refractivity contribution is -0.140. The van der Waals surface area contributed by atoms with Crippen LogP contribution in [0.25, 0.3) is 0 Å². The Hall–Kier alpha value is -1.59. The van der Waals surface area contributed by atoms with E-state index in [4.69, 9.17) is 9.47 Å². The predicted molar refractivity (Wildman–Crippen MR) is 108 cm³/mol. The molecule has 0 aliphatic carbocycles. The second-order valence-corrected chi connectivity index (χ2v) is 7.17. The molecule has 1 atom stereocenters. The van der Waals surface area contributed by atoms with E-state index >= 15 is 0 Å². The van der Waals surface area contributed by atoms with Crippen molar-refractivity contribution in [2.24, 2.45) is 0 Å². The van der Waals surface area contributed by atoms with Crippen molar-refractivity contribution in [2.45, 2.75) is 58.5 Å². The minimum atomic E-state index is -0.784. The first kappa shape index (κ1) is 22.5. The highest BCUT2D eigenvalue weighted by Gasteiger charge is 2.33. The van der Waals surface area contributed by atoms with Gasteiger partial charge < -0.3 is 19.7 Å². The standard InChI is InChI=1S/C21H36N2O3/c1-6-8-14-21(3,26-16-7-2)20(24)22-18-10-12-19(13-11-18)25-17-9-15-23(4)5/h10-13H,6-9,14-17H2,1-5H3,(H,22,24)/t21-/m0/s1. The fourth-order valence-corrected chi connectivity index (χ4v) is 2.56. The van der Waals surface area contributed by atoms with E-state index in [0.29, 0.717) is 13.2 Å². The number of carbonyl (C=O) groups excluding carboxylic acids is 1. The maximum atomic E-state index is 12.7. The second kappa shape index (κ2) is 11.9. The number of anilines is 1. The molecule has 1 N–H and O–H groups in total. The van der Waals surface area contributed by atoms with Crippen molar-refractivity contribution in [3.05, 3.63) is 24.3 Å². The molecule has 0 aliphatic heterocycles. The fourth-order valence-electron chi connectivity index (χ4n) is 2.56. The molecular formula is C21H36N2O3. The number of ether oxygens (including phenoxy) is 2. The molecule has 0 radical (unpaired) electrons. The third-order valence-electron chi connectivity index (χ3n) is 4.24. The van der Waals surface area contributed by atoms with Gasteiger partial charge in [-0.05, 0) is 64.5 Å². The molecule has 5 nitrogen and oxygen atoms in total. The van der Waals surface area contributed by atoms with Crippen molar-refractivity contribution >= 4 is 11.6 Å². The van der Waals surface area contributed by atoms with Crippen LogP contribution in [-0.4, -0.2) is 50.3 Å². The number of nitrogens with zero attached hydrogens (tertiary/aromatic N) is 1. The Morgan fingerprint density at radius 1 is 1.08 bits per heavy atom. The summed E-state index contributed by atoms with van der Waals surface area (Å²) in [5.41, 5.74) is -0.0219. The van der Waals surface area contributed by atoms with E-state index in [9.17, 15) is 4.79 Å². The van der Waals surface area contributed by atoms with Crippen molar-refractivity contribution in [3.8, 4) is 5.75 Å². The normalized spacial score (nSPS) is 13.5. The van der Waals surface area contributed by atoms with Crippen molar-refractivity contribution in [1.82, 2.24) is 4.90 Å². The van der Waals surface area contributed by atoms with Gasteiger partial charge in [-0.2, -0.15) is 0 Å². The van der Waals surface area contributed by atoms with Crippen LogP contribution in [0.4, 0.5) is 5.69 Å². The number of rotatable bonds is 13. The summed E-state index contributed by atoms with van der Waals surface area (Å²) in [5, 5.41) is 2.98. The van der Waals surface area contributed by atoms with Gasteiger partial charge in [0.2, 0.25) is 0 Å². The van der Waals surface area contributed by atoms with Gasteiger partial charge in [-0.25, -0.2) is 0 Å². The molecule has 0 unspecified atom stereocenters. The first-order valence-electron chi connectivity index (χ1n) is 9.74. The first-order valence-corrected chi connectivity index (χ1v) is 9.74. The highest BCUT2D eigenvalue weighted by molar-refractivity contribution is 5.97. The summed E-state index contributed by atoms with van der Waals surface area (Å²) in [6.45, 7) is 8.33. The van der Waals surface area contributed by atoms with Crippen LogP contribution in [0, 0.1) is 0 Å². The topological polar surface area (TPSA) is 50.8 Å². The Labute approximate surface area is 159 Å². The molecule has 148 valence electrons. The Morgan fingerprint density at radius 2 is 1.77 bits per heavy atom. The molecule has 1 rings (SSSR count). The number of hydrogen-bond donors (Lipinski definition) is 1. The lowest BCUT2D eigenvalue weighted by atomic mass is 9.97. The van der Waals surface area contributed by atoms with Crippen LogP contribution in [0.1, 0.15) is 52.9 Å². The van der Waals surface area contributed by atoms with E-state index in [0.717, 1.165) is 50.1 Å². The number of benzene rings is 1. The molecule has 0 fully saturated rings. The van der Waals surface area contributed by atoms with E-state index in [-0.39, 0.29) is 5.91 Å². The van der Waals surface area contributed by atoms with E-state index in [1.165, 1.54) is 0 Å². The van der Waals surface area contributed by atoms with E-state index in [2.05, 4.69) is 38.2 Å². The van der Waals surface area contributed by atoms with Gasteiger partial charge in [0.25, 0.3) is 5.91 Å². The molecule has 1 amide bonds. The summed E-state index contributed by atoms with van der Waals surface area (Å²) in [4.78, 5) is 14.9. The lowest BCUT2D eigenvalue weighted by Crippen LogP contribution is -2.43. The van der Waals surface area contributed by atoms with Crippen molar-refractivity contribution in [1.29, 1.82) is 0 Å². The van der Waals surface area contributed by atoms with Gasteiger partial charge in [-0.15, -0.1) is 0 Å². The highest BCUT2D eigenvalue weighted by Crippen LogP contribution is 2.23. The van der Waals surface area contributed by atoms with Gasteiger partial charge in [0.05, 0.1) is 6.61 Å². The van der Waals surface area contributed by atoms with Crippen molar-refractivity contribution in [3.63, 3.8) is 0 Å². The Kier molecular flexibility index (Phi) is 10.3. The van der Waals surface area contributed by atoms with Crippen LogP contribution in [0.5, 0.6) is 5.75 Å². The monoisotopic (exact) mass is 364 g/mol. The SMILES string of the molecule is CCCC[C@](C)(OCCC)C(=O)Nc1ccc(OCCCN(C)C)cc1. The van der Waals surface area contributed by atoms with Crippen molar-refractivity contribution in [2.75, 3.05) is 39.2 Å². The van der Waals surface area contributed by atoms with Gasteiger partial charge >= 0.3 is 0 Å². The van der Waals surface area contributed by atoms with E-state index in [1.54, 1.807) is 0 Å². The predicted octanol–water partition coefficient (Wildman–Crippen LogP) is 4.33. The average molecular weight is 365 g/mol. The molecule has 0 saturated heterocycles. The number of amides is 1. The molecular weight excluding hydrogens is 328 g/mol. The van der Waals surface area contributed by atoms with Crippen LogP contribution in [-0.2, 0) is 9.53 Å². The number of nitrogens with one attached hydrogen (secondary N) is 1. The molecule has 0 heterocycles. The van der Waals surface area contributed by atoms with Crippen molar-refractivity contribution < 1.29 is 14.3 Å². The summed E-state index contributed by atoms with van der Waals surface area (Å²) in [6, 6.07) is 7.53. The van der Waals surface area contributed by atoms with Gasteiger partial charge in [-0.3, -0.25) is 4.79 Å². The lowest BCUT2D eigenvalue weighted by Gasteiger charge is -2.28. The van der Waals surface area contributed by atoms with E-state index in [1.807, 2.05) is 31.2 Å². The first-order chi connectivity index (χ1) is 12.4. The zero-order valence-electron chi connectivity index (χ0n) is 17.1. The largest absolute Gasteiger partial charge is 0.494 e. The minimum absolute atomic E-state index is 0.0842. The zero-order chi connectivity index (χ0) is 19.4. The molecule has 0 aliphatic rings. The Morgan fingerprint density at radius 3 is 2.35 bits per heavy atom. The van der Waals surface area contributed by atoms with Gasteiger partial charge in [0.1, 0.15) is 11.4 Å². The Bertz CT molecular complexity index is 506. The van der Waals surface area contributed by atoms with Gasteiger partial charge in [-0.1, -0.05) is 26.7 Å². The molecule has 0 bridgehead atoms. The van der Waals surface area contributed by atoms with Crippen LogP contribution in [0.2, 0.25) is 0 Å². The van der Waals surface area contributed by atoms with Crippen LogP contribution < -0.4 is 10.1 Å². The second-order valence-electron chi connectivity index (χ2n) is 7.17. The maximum Gasteiger partial charge on any atom is 0.256 e. The zero-order valence-corrected chi connectivity index (χ0v) is 17.1. The number of carbonyl (C=O) groups is 1. The van der Waals surface area contributed by atoms with Crippen LogP contribution >= 0.6 is 0 Å². The summed E-state index contributed by atoms with van der Waals surface area (Å²) in [5.74, 6) is 0.733.